The highest BCUT2D eigenvalue weighted by Gasteiger charge is 2.42. The minimum Gasteiger partial charge on any atom is -0.481 e. The first-order chi connectivity index (χ1) is 9.20. The lowest BCUT2D eigenvalue weighted by Gasteiger charge is -2.22. The predicted octanol–water partition coefficient (Wildman–Crippen LogP) is -0.229. The van der Waals surface area contributed by atoms with Crippen LogP contribution in [0.4, 0.5) is 0 Å². The molecule has 0 amide bonds. The van der Waals surface area contributed by atoms with E-state index in [-0.39, 0.29) is 23.7 Å². The molecule has 1 aliphatic carbocycles. The van der Waals surface area contributed by atoms with E-state index in [1.165, 1.54) is 0 Å². The number of hydrogen-bond acceptors (Lipinski definition) is 6. The monoisotopic (exact) mass is 303 g/mol. The molecule has 1 rings (SSSR count). The number of hydrogen-bond donors (Lipinski definition) is 3. The van der Waals surface area contributed by atoms with Crippen molar-refractivity contribution >= 4 is 35.3 Å². The lowest BCUT2D eigenvalue weighted by Crippen LogP contribution is -2.56. The molecule has 3 unspecified atom stereocenters. The fourth-order valence-electron chi connectivity index (χ4n) is 2.07. The molecule has 1 saturated carbocycles. The lowest BCUT2D eigenvalue weighted by atomic mass is 9.98. The van der Waals surface area contributed by atoms with Crippen LogP contribution in [0.5, 0.6) is 0 Å². The van der Waals surface area contributed by atoms with Gasteiger partial charge in [0.1, 0.15) is 5.78 Å². The number of carboxylic acids is 2. The molecule has 1 fully saturated rings. The fraction of sp³-hybridized carbons (Fsp3) is 0.667. The number of Topliss-reactive ketones (excluding diaryl/α,β-unsaturated/α-hetero) is 2. The van der Waals surface area contributed by atoms with E-state index in [1.807, 2.05) is 0 Å². The Labute approximate surface area is 119 Å². The smallest absolute Gasteiger partial charge is 0.332 e. The molecule has 8 heteroatoms. The molecule has 0 aromatic carbocycles. The molecule has 0 radical (unpaired) electrons. The second-order valence-corrected chi connectivity index (χ2v) is 5.93. The van der Waals surface area contributed by atoms with E-state index in [1.54, 1.807) is 0 Å². The number of carbonyl (C=O) groups is 4. The van der Waals surface area contributed by atoms with Crippen LogP contribution in [0.2, 0.25) is 0 Å². The standard InChI is InChI=1S/C12H17NO6S/c1-6(14)12(13,11(18)19)5-20-4-8-7(10(16)17)2-3-9(8)15/h7-8H,2-5,13H2,1H3,(H,16,17)(H,18,19). The molecule has 4 N–H and O–H groups in total. The first kappa shape index (κ1) is 16.6. The van der Waals surface area contributed by atoms with Crippen LogP contribution in [-0.4, -0.2) is 50.8 Å². The van der Waals surface area contributed by atoms with Crippen molar-refractivity contribution in [1.29, 1.82) is 0 Å². The third kappa shape index (κ3) is 3.37. The maximum Gasteiger partial charge on any atom is 0.332 e. The molecule has 20 heavy (non-hydrogen) atoms. The summed E-state index contributed by atoms with van der Waals surface area (Å²) in [4.78, 5) is 44.9. The number of aliphatic carboxylic acids is 2. The molecule has 0 saturated heterocycles. The maximum atomic E-state index is 11.6. The van der Waals surface area contributed by atoms with Gasteiger partial charge >= 0.3 is 11.9 Å². The zero-order chi connectivity index (χ0) is 15.5. The van der Waals surface area contributed by atoms with Crippen LogP contribution in [-0.2, 0) is 19.2 Å². The van der Waals surface area contributed by atoms with Crippen LogP contribution in [0.1, 0.15) is 19.8 Å². The van der Waals surface area contributed by atoms with E-state index in [2.05, 4.69) is 0 Å². The topological polar surface area (TPSA) is 135 Å². The number of carboxylic acid groups (broad SMARTS) is 2. The second kappa shape index (κ2) is 6.36. The van der Waals surface area contributed by atoms with Gasteiger partial charge < -0.3 is 15.9 Å². The molecule has 112 valence electrons. The van der Waals surface area contributed by atoms with Crippen molar-refractivity contribution in [3.8, 4) is 0 Å². The molecule has 0 aliphatic heterocycles. The van der Waals surface area contributed by atoms with Gasteiger partial charge in [-0.15, -0.1) is 0 Å². The van der Waals surface area contributed by atoms with Gasteiger partial charge in [0, 0.05) is 23.8 Å². The van der Waals surface area contributed by atoms with Crippen LogP contribution >= 0.6 is 11.8 Å². The van der Waals surface area contributed by atoms with Gasteiger partial charge in [-0.2, -0.15) is 11.8 Å². The van der Waals surface area contributed by atoms with E-state index in [0.29, 0.717) is 6.42 Å². The van der Waals surface area contributed by atoms with E-state index in [4.69, 9.17) is 15.9 Å². The minimum atomic E-state index is -2.00. The summed E-state index contributed by atoms with van der Waals surface area (Å²) in [6, 6.07) is 0. The molecule has 1 aliphatic rings. The van der Waals surface area contributed by atoms with Crippen molar-refractivity contribution < 1.29 is 29.4 Å². The Hall–Kier alpha value is -1.41. The zero-order valence-corrected chi connectivity index (χ0v) is 11.8. The summed E-state index contributed by atoms with van der Waals surface area (Å²) in [6.45, 7) is 1.09. The molecule has 3 atom stereocenters. The average molecular weight is 303 g/mol. The highest BCUT2D eigenvalue weighted by Crippen LogP contribution is 2.32. The maximum absolute atomic E-state index is 11.6. The van der Waals surface area contributed by atoms with E-state index >= 15 is 0 Å². The largest absolute Gasteiger partial charge is 0.481 e. The Morgan fingerprint density at radius 2 is 2.00 bits per heavy atom. The Morgan fingerprint density at radius 3 is 2.45 bits per heavy atom. The molecular weight excluding hydrogens is 286 g/mol. The van der Waals surface area contributed by atoms with Gasteiger partial charge in [0.25, 0.3) is 0 Å². The number of carbonyl (C=O) groups excluding carboxylic acids is 2. The van der Waals surface area contributed by atoms with Crippen molar-refractivity contribution in [2.24, 2.45) is 17.6 Å². The summed E-state index contributed by atoms with van der Waals surface area (Å²) < 4.78 is 0. The van der Waals surface area contributed by atoms with Gasteiger partial charge in [-0.1, -0.05) is 0 Å². The van der Waals surface area contributed by atoms with Crippen molar-refractivity contribution in [3.05, 3.63) is 0 Å². The Balaban J connectivity index is 2.63. The summed E-state index contributed by atoms with van der Waals surface area (Å²) in [5.41, 5.74) is 3.53. The van der Waals surface area contributed by atoms with Gasteiger partial charge in [0.05, 0.1) is 5.92 Å². The second-order valence-electron chi connectivity index (χ2n) is 4.90. The van der Waals surface area contributed by atoms with Crippen molar-refractivity contribution in [2.45, 2.75) is 25.3 Å². The Bertz CT molecular complexity index is 435. The van der Waals surface area contributed by atoms with Crippen LogP contribution < -0.4 is 5.73 Å². The molecule has 0 spiro atoms. The summed E-state index contributed by atoms with van der Waals surface area (Å²) >= 11 is 1.03. The Kier molecular flexibility index (Phi) is 5.29. The third-order valence-corrected chi connectivity index (χ3v) is 4.81. The SMILES string of the molecule is CC(=O)C(N)(CSCC1C(=O)CCC1C(=O)O)C(=O)O. The van der Waals surface area contributed by atoms with Crippen LogP contribution in [0, 0.1) is 11.8 Å². The minimum absolute atomic E-state index is 0.134. The number of rotatable bonds is 7. The van der Waals surface area contributed by atoms with Gasteiger partial charge in [0.15, 0.2) is 11.3 Å². The quantitative estimate of drug-likeness (QED) is 0.549. The first-order valence-corrected chi connectivity index (χ1v) is 7.22. The summed E-state index contributed by atoms with van der Waals surface area (Å²) in [6.07, 6.45) is 0.528. The number of ketones is 2. The highest BCUT2D eigenvalue weighted by atomic mass is 32.2. The predicted molar refractivity (Wildman–Crippen MR) is 71.4 cm³/mol. The molecule has 0 aromatic heterocycles. The molecule has 0 heterocycles. The lowest BCUT2D eigenvalue weighted by molar-refractivity contribution is -0.146. The van der Waals surface area contributed by atoms with Crippen molar-refractivity contribution in [1.82, 2.24) is 0 Å². The van der Waals surface area contributed by atoms with Gasteiger partial charge in [0.2, 0.25) is 0 Å². The molecule has 0 aromatic rings. The van der Waals surface area contributed by atoms with E-state index < -0.39 is 35.1 Å². The normalized spacial score (nSPS) is 25.2. The summed E-state index contributed by atoms with van der Waals surface area (Å²) in [5, 5.41) is 18.0. The summed E-state index contributed by atoms with van der Waals surface area (Å²) in [5.74, 6) is -4.65. The van der Waals surface area contributed by atoms with E-state index in [0.717, 1.165) is 18.7 Å². The Morgan fingerprint density at radius 1 is 1.40 bits per heavy atom. The van der Waals surface area contributed by atoms with E-state index in [9.17, 15) is 19.2 Å². The average Bonchev–Trinajstić information content (AvgIpc) is 2.70. The van der Waals surface area contributed by atoms with Crippen molar-refractivity contribution in [3.63, 3.8) is 0 Å². The fourth-order valence-corrected chi connectivity index (χ4v) is 3.51. The van der Waals surface area contributed by atoms with Crippen LogP contribution in [0.3, 0.4) is 0 Å². The zero-order valence-electron chi connectivity index (χ0n) is 11.0. The van der Waals surface area contributed by atoms with Gasteiger partial charge in [-0.05, 0) is 13.3 Å². The molecule has 0 bridgehead atoms. The highest BCUT2D eigenvalue weighted by molar-refractivity contribution is 7.99. The van der Waals surface area contributed by atoms with Gasteiger partial charge in [-0.25, -0.2) is 4.79 Å². The van der Waals surface area contributed by atoms with Crippen molar-refractivity contribution in [2.75, 3.05) is 11.5 Å². The first-order valence-electron chi connectivity index (χ1n) is 6.06. The van der Waals surface area contributed by atoms with Crippen LogP contribution in [0.25, 0.3) is 0 Å². The third-order valence-electron chi connectivity index (χ3n) is 3.56. The van der Waals surface area contributed by atoms with Crippen LogP contribution in [0.15, 0.2) is 0 Å². The summed E-state index contributed by atoms with van der Waals surface area (Å²) in [7, 11) is 0. The number of thioether (sulfide) groups is 1. The molecule has 7 nitrogen and oxygen atoms in total. The number of nitrogens with two attached hydrogens (primary N) is 1. The molecular formula is C12H17NO6S. The van der Waals surface area contributed by atoms with Gasteiger partial charge in [-0.3, -0.25) is 14.4 Å².